The summed E-state index contributed by atoms with van der Waals surface area (Å²) in [7, 11) is 0. The Bertz CT molecular complexity index is 478. The van der Waals surface area contributed by atoms with Crippen LogP contribution in [0.3, 0.4) is 0 Å². The molecular weight excluding hydrogens is 210 g/mol. The van der Waals surface area contributed by atoms with Crippen molar-refractivity contribution in [2.24, 2.45) is 5.41 Å². The fourth-order valence-corrected chi connectivity index (χ4v) is 3.70. The molecule has 0 bridgehead atoms. The van der Waals surface area contributed by atoms with Gasteiger partial charge in [-0.15, -0.1) is 0 Å². The van der Waals surface area contributed by atoms with E-state index in [4.69, 9.17) is 0 Å². The highest BCUT2D eigenvalue weighted by molar-refractivity contribution is 5.95. The second-order valence-electron chi connectivity index (χ2n) is 6.39. The van der Waals surface area contributed by atoms with E-state index in [1.54, 1.807) is 0 Å². The Morgan fingerprint density at radius 2 is 1.94 bits per heavy atom. The average molecular weight is 229 g/mol. The van der Waals surface area contributed by atoms with Crippen LogP contribution in [0.15, 0.2) is 24.3 Å². The average Bonchev–Trinajstić information content (AvgIpc) is 2.55. The van der Waals surface area contributed by atoms with E-state index >= 15 is 0 Å². The minimum Gasteiger partial charge on any atom is -0.326 e. The largest absolute Gasteiger partial charge is 0.326 e. The van der Waals surface area contributed by atoms with Gasteiger partial charge in [0.15, 0.2) is 0 Å². The van der Waals surface area contributed by atoms with Crippen LogP contribution < -0.4 is 5.32 Å². The monoisotopic (exact) mass is 229 g/mol. The second-order valence-corrected chi connectivity index (χ2v) is 6.39. The lowest BCUT2D eigenvalue weighted by Crippen LogP contribution is -2.35. The molecule has 2 heteroatoms. The summed E-state index contributed by atoms with van der Waals surface area (Å²) in [5.41, 5.74) is 2.85. The van der Waals surface area contributed by atoms with Crippen molar-refractivity contribution in [3.05, 3.63) is 29.8 Å². The standard InChI is InChI=1S/C15H19NO/c1-14(2)7-8-15(10-14)9-13(17)16-12-6-4-3-5-11(12)15/h3-6H,7-10H2,1-2H3,(H,16,17). The molecule has 3 rings (SSSR count). The molecule has 0 radical (unpaired) electrons. The van der Waals surface area contributed by atoms with Crippen molar-refractivity contribution in [2.45, 2.75) is 44.9 Å². The van der Waals surface area contributed by atoms with Gasteiger partial charge in [0, 0.05) is 17.5 Å². The van der Waals surface area contributed by atoms with Gasteiger partial charge in [0.25, 0.3) is 0 Å². The molecule has 1 spiro atoms. The summed E-state index contributed by atoms with van der Waals surface area (Å²) in [5.74, 6) is 0.182. The molecule has 2 aliphatic rings. The first kappa shape index (κ1) is 10.8. The number of fused-ring (bicyclic) bond motifs is 2. The SMILES string of the molecule is CC1(C)CCC2(CC(=O)Nc3ccccc32)C1. The Hall–Kier alpha value is -1.31. The highest BCUT2D eigenvalue weighted by Gasteiger charge is 2.48. The maximum absolute atomic E-state index is 11.9. The van der Waals surface area contributed by atoms with Crippen molar-refractivity contribution in [3.63, 3.8) is 0 Å². The minimum atomic E-state index is 0.0996. The van der Waals surface area contributed by atoms with Crippen molar-refractivity contribution in [1.82, 2.24) is 0 Å². The lowest BCUT2D eigenvalue weighted by Gasteiger charge is -2.36. The Kier molecular flexibility index (Phi) is 2.13. The molecule has 1 heterocycles. The van der Waals surface area contributed by atoms with Crippen LogP contribution in [0.4, 0.5) is 5.69 Å². The number of carbonyl (C=O) groups excluding carboxylic acids is 1. The summed E-state index contributed by atoms with van der Waals surface area (Å²) in [5, 5.41) is 3.00. The Balaban J connectivity index is 2.10. The van der Waals surface area contributed by atoms with Gasteiger partial charge >= 0.3 is 0 Å². The third kappa shape index (κ3) is 1.67. The summed E-state index contributed by atoms with van der Waals surface area (Å²) >= 11 is 0. The predicted octanol–water partition coefficient (Wildman–Crippen LogP) is 3.48. The van der Waals surface area contributed by atoms with E-state index in [-0.39, 0.29) is 11.3 Å². The zero-order valence-electron chi connectivity index (χ0n) is 10.5. The van der Waals surface area contributed by atoms with E-state index < -0.39 is 0 Å². The van der Waals surface area contributed by atoms with Crippen molar-refractivity contribution >= 4 is 11.6 Å². The number of hydrogen-bond acceptors (Lipinski definition) is 1. The summed E-state index contributed by atoms with van der Waals surface area (Å²) in [6, 6.07) is 8.30. The maximum Gasteiger partial charge on any atom is 0.225 e. The Morgan fingerprint density at radius 1 is 1.18 bits per heavy atom. The molecule has 90 valence electrons. The van der Waals surface area contributed by atoms with Crippen LogP contribution in [0.25, 0.3) is 0 Å². The van der Waals surface area contributed by atoms with Crippen LogP contribution >= 0.6 is 0 Å². The number of anilines is 1. The molecule has 1 aliphatic heterocycles. The molecule has 0 aromatic heterocycles. The third-order valence-electron chi connectivity index (χ3n) is 4.37. The number of rotatable bonds is 0. The van der Waals surface area contributed by atoms with Gasteiger partial charge in [0.2, 0.25) is 5.91 Å². The summed E-state index contributed by atoms with van der Waals surface area (Å²) in [4.78, 5) is 11.9. The second kappa shape index (κ2) is 3.34. The molecule has 1 aromatic carbocycles. The molecule has 17 heavy (non-hydrogen) atoms. The number of nitrogens with one attached hydrogen (secondary N) is 1. The number of hydrogen-bond donors (Lipinski definition) is 1. The third-order valence-corrected chi connectivity index (χ3v) is 4.37. The van der Waals surface area contributed by atoms with Gasteiger partial charge in [-0.3, -0.25) is 4.79 Å². The molecule has 0 saturated heterocycles. The van der Waals surface area contributed by atoms with Crippen LogP contribution in [0.5, 0.6) is 0 Å². The van der Waals surface area contributed by atoms with E-state index in [0.717, 1.165) is 18.5 Å². The van der Waals surface area contributed by atoms with Crippen LogP contribution in [0.1, 0.15) is 45.1 Å². The molecule has 1 unspecified atom stereocenters. The first-order valence-electron chi connectivity index (χ1n) is 6.40. The highest BCUT2D eigenvalue weighted by Crippen LogP contribution is 2.55. The van der Waals surface area contributed by atoms with Crippen LogP contribution in [0.2, 0.25) is 0 Å². The van der Waals surface area contributed by atoms with E-state index in [1.165, 1.54) is 12.0 Å². The van der Waals surface area contributed by atoms with Crippen molar-refractivity contribution in [1.29, 1.82) is 0 Å². The van der Waals surface area contributed by atoms with E-state index in [2.05, 4.69) is 31.3 Å². The quantitative estimate of drug-likeness (QED) is 0.725. The number of amides is 1. The summed E-state index contributed by atoms with van der Waals surface area (Å²) < 4.78 is 0. The van der Waals surface area contributed by atoms with Gasteiger partial charge in [-0.1, -0.05) is 32.0 Å². The summed E-state index contributed by atoms with van der Waals surface area (Å²) in [6.45, 7) is 4.63. The molecule has 1 aromatic rings. The molecule has 1 atom stereocenters. The fraction of sp³-hybridized carbons (Fsp3) is 0.533. The van der Waals surface area contributed by atoms with Gasteiger partial charge in [0.05, 0.1) is 0 Å². The van der Waals surface area contributed by atoms with Crippen molar-refractivity contribution in [3.8, 4) is 0 Å². The lowest BCUT2D eigenvalue weighted by molar-refractivity contribution is -0.117. The molecule has 2 nitrogen and oxygen atoms in total. The zero-order chi connectivity index (χ0) is 12.1. The number of carbonyl (C=O) groups is 1. The Morgan fingerprint density at radius 3 is 2.65 bits per heavy atom. The molecular formula is C15H19NO. The first-order valence-corrected chi connectivity index (χ1v) is 6.40. The minimum absolute atomic E-state index is 0.0996. The highest BCUT2D eigenvalue weighted by atomic mass is 16.1. The fourth-order valence-electron chi connectivity index (χ4n) is 3.70. The van der Waals surface area contributed by atoms with Gasteiger partial charge in [0.1, 0.15) is 0 Å². The molecule has 1 saturated carbocycles. The number of para-hydroxylation sites is 1. The molecule has 1 fully saturated rings. The van der Waals surface area contributed by atoms with Crippen LogP contribution in [-0.2, 0) is 10.2 Å². The summed E-state index contributed by atoms with van der Waals surface area (Å²) in [6.07, 6.45) is 4.15. The Labute approximate surface area is 102 Å². The predicted molar refractivity (Wildman–Crippen MR) is 69.0 cm³/mol. The van der Waals surface area contributed by atoms with Crippen molar-refractivity contribution < 1.29 is 4.79 Å². The molecule has 1 amide bonds. The lowest BCUT2D eigenvalue weighted by atomic mass is 9.71. The van der Waals surface area contributed by atoms with Crippen molar-refractivity contribution in [2.75, 3.05) is 5.32 Å². The number of benzene rings is 1. The van der Waals surface area contributed by atoms with Gasteiger partial charge in [-0.25, -0.2) is 0 Å². The topological polar surface area (TPSA) is 29.1 Å². The van der Waals surface area contributed by atoms with E-state index in [0.29, 0.717) is 11.8 Å². The molecule has 1 aliphatic carbocycles. The smallest absolute Gasteiger partial charge is 0.225 e. The van der Waals surface area contributed by atoms with Gasteiger partial charge < -0.3 is 5.32 Å². The van der Waals surface area contributed by atoms with E-state index in [9.17, 15) is 4.79 Å². The van der Waals surface area contributed by atoms with Gasteiger partial charge in [-0.2, -0.15) is 0 Å². The molecule has 1 N–H and O–H groups in total. The first-order chi connectivity index (χ1) is 8.01. The van der Waals surface area contributed by atoms with Crippen LogP contribution in [-0.4, -0.2) is 5.91 Å². The maximum atomic E-state index is 11.9. The zero-order valence-corrected chi connectivity index (χ0v) is 10.5. The van der Waals surface area contributed by atoms with Gasteiger partial charge in [-0.05, 0) is 36.3 Å². The van der Waals surface area contributed by atoms with E-state index in [1.807, 2.05) is 12.1 Å². The van der Waals surface area contributed by atoms with Crippen LogP contribution in [0, 0.1) is 5.41 Å². The normalized spacial score (nSPS) is 30.1.